The van der Waals surface area contributed by atoms with Gasteiger partial charge in [0.15, 0.2) is 0 Å². The smallest absolute Gasteiger partial charge is 0.315 e. The van der Waals surface area contributed by atoms with Gasteiger partial charge in [-0.15, -0.1) is 5.10 Å². The molecule has 0 aromatic carbocycles. The maximum Gasteiger partial charge on any atom is 0.315 e. The van der Waals surface area contributed by atoms with Crippen molar-refractivity contribution in [3.63, 3.8) is 0 Å². The molecule has 0 spiro atoms. The van der Waals surface area contributed by atoms with Crippen LogP contribution in [0.4, 0.5) is 6.01 Å². The molecule has 1 unspecified atom stereocenters. The zero-order chi connectivity index (χ0) is 14.8. The minimum absolute atomic E-state index is 0.350. The van der Waals surface area contributed by atoms with Crippen molar-refractivity contribution in [3.05, 3.63) is 5.89 Å². The third-order valence-electron chi connectivity index (χ3n) is 3.01. The fourth-order valence-corrected chi connectivity index (χ4v) is 1.87. The number of methoxy groups -OCH3 is 1. The molecule has 0 radical (unpaired) electrons. The Kier molecular flexibility index (Phi) is 8.22. The van der Waals surface area contributed by atoms with Gasteiger partial charge in [0.1, 0.15) is 0 Å². The van der Waals surface area contributed by atoms with Crippen LogP contribution in [0.2, 0.25) is 0 Å². The first-order chi connectivity index (χ1) is 9.61. The van der Waals surface area contributed by atoms with E-state index >= 15 is 0 Å². The van der Waals surface area contributed by atoms with Crippen molar-refractivity contribution in [1.29, 1.82) is 0 Å². The van der Waals surface area contributed by atoms with Gasteiger partial charge in [-0.1, -0.05) is 31.8 Å². The summed E-state index contributed by atoms with van der Waals surface area (Å²) >= 11 is 0. The number of hydrogen-bond acceptors (Lipinski definition) is 6. The van der Waals surface area contributed by atoms with Crippen molar-refractivity contribution in [1.82, 2.24) is 15.5 Å². The molecule has 0 amide bonds. The molecule has 0 aliphatic rings. The Morgan fingerprint density at radius 2 is 2.00 bits per heavy atom. The second kappa shape index (κ2) is 9.72. The van der Waals surface area contributed by atoms with E-state index in [0.717, 1.165) is 18.9 Å². The molecule has 0 aliphatic heterocycles. The largest absolute Gasteiger partial charge is 0.407 e. The molecule has 1 rings (SSSR count). The lowest BCUT2D eigenvalue weighted by Crippen LogP contribution is -2.18. The lowest BCUT2D eigenvalue weighted by atomic mass is 10.0. The maximum atomic E-state index is 5.53. The van der Waals surface area contributed by atoms with Crippen LogP contribution in [0, 0.1) is 5.92 Å². The van der Waals surface area contributed by atoms with Crippen molar-refractivity contribution >= 4 is 6.01 Å². The molecule has 1 atom stereocenters. The van der Waals surface area contributed by atoms with E-state index < -0.39 is 0 Å². The van der Waals surface area contributed by atoms with Gasteiger partial charge in [-0.05, 0) is 19.3 Å². The maximum absolute atomic E-state index is 5.53. The Labute approximate surface area is 121 Å². The molecule has 0 saturated carbocycles. The van der Waals surface area contributed by atoms with Crippen LogP contribution in [0.15, 0.2) is 4.42 Å². The molecule has 0 saturated heterocycles. The van der Waals surface area contributed by atoms with Gasteiger partial charge in [0.05, 0.1) is 13.2 Å². The molecule has 6 heteroatoms. The molecule has 2 N–H and O–H groups in total. The highest BCUT2D eigenvalue weighted by Crippen LogP contribution is 2.12. The van der Waals surface area contributed by atoms with Crippen LogP contribution >= 0.6 is 0 Å². The second-order valence-corrected chi connectivity index (χ2v) is 5.54. The Morgan fingerprint density at radius 1 is 1.20 bits per heavy atom. The second-order valence-electron chi connectivity index (χ2n) is 5.54. The normalized spacial score (nSPS) is 12.8. The average molecular weight is 284 g/mol. The van der Waals surface area contributed by atoms with Gasteiger partial charge in [-0.2, -0.15) is 0 Å². The number of rotatable bonds is 11. The van der Waals surface area contributed by atoms with E-state index in [4.69, 9.17) is 9.15 Å². The van der Waals surface area contributed by atoms with Crippen LogP contribution in [0.5, 0.6) is 0 Å². The highest BCUT2D eigenvalue weighted by atomic mass is 16.5. The molecular formula is C14H28N4O2. The molecule has 116 valence electrons. The summed E-state index contributed by atoms with van der Waals surface area (Å²) in [6.45, 7) is 8.65. The third-order valence-corrected chi connectivity index (χ3v) is 3.01. The van der Waals surface area contributed by atoms with Gasteiger partial charge >= 0.3 is 6.01 Å². The van der Waals surface area contributed by atoms with Gasteiger partial charge in [0.2, 0.25) is 5.89 Å². The van der Waals surface area contributed by atoms with Crippen molar-refractivity contribution in [2.45, 2.75) is 52.6 Å². The number of nitrogens with one attached hydrogen (secondary N) is 2. The van der Waals surface area contributed by atoms with Gasteiger partial charge in [-0.25, -0.2) is 0 Å². The van der Waals surface area contributed by atoms with Crippen LogP contribution < -0.4 is 10.6 Å². The quantitative estimate of drug-likeness (QED) is 0.608. The standard InChI is InChI=1S/C14H28N4O2/c1-11(2)6-5-7-12(3)16-14-18-17-13(20-14)10-15-8-9-19-4/h11-12,15H,5-10H2,1-4H3,(H,16,18). The molecule has 0 bridgehead atoms. The molecule has 6 nitrogen and oxygen atoms in total. The van der Waals surface area contributed by atoms with E-state index in [9.17, 15) is 0 Å². The summed E-state index contributed by atoms with van der Waals surface area (Å²) in [5.41, 5.74) is 0. The summed E-state index contributed by atoms with van der Waals surface area (Å²) in [6.07, 6.45) is 3.58. The van der Waals surface area contributed by atoms with Crippen LogP contribution in [0.1, 0.15) is 45.9 Å². The molecular weight excluding hydrogens is 256 g/mol. The average Bonchev–Trinajstić information content (AvgIpc) is 2.82. The fourth-order valence-electron chi connectivity index (χ4n) is 1.87. The first-order valence-electron chi connectivity index (χ1n) is 7.40. The highest BCUT2D eigenvalue weighted by molar-refractivity contribution is 5.18. The molecule has 1 aromatic rings. The first kappa shape index (κ1) is 16.9. The summed E-state index contributed by atoms with van der Waals surface area (Å²) in [6, 6.07) is 0.856. The summed E-state index contributed by atoms with van der Waals surface area (Å²) in [5, 5.41) is 14.4. The molecule has 0 fully saturated rings. The van der Waals surface area contributed by atoms with E-state index in [1.807, 2.05) is 0 Å². The zero-order valence-electron chi connectivity index (χ0n) is 13.1. The predicted octanol–water partition coefficient (Wildman–Crippen LogP) is 2.43. The summed E-state index contributed by atoms with van der Waals surface area (Å²) in [5.74, 6) is 1.35. The van der Waals surface area contributed by atoms with Crippen molar-refractivity contribution in [2.75, 3.05) is 25.6 Å². The van der Waals surface area contributed by atoms with Crippen molar-refractivity contribution in [2.24, 2.45) is 5.92 Å². The third kappa shape index (κ3) is 7.45. The van der Waals surface area contributed by atoms with E-state index in [0.29, 0.717) is 31.1 Å². The van der Waals surface area contributed by atoms with Gasteiger partial charge in [0, 0.05) is 19.7 Å². The minimum Gasteiger partial charge on any atom is -0.407 e. The molecule has 1 aromatic heterocycles. The lowest BCUT2D eigenvalue weighted by molar-refractivity contribution is 0.198. The van der Waals surface area contributed by atoms with E-state index in [-0.39, 0.29) is 0 Å². The zero-order valence-corrected chi connectivity index (χ0v) is 13.1. The summed E-state index contributed by atoms with van der Waals surface area (Å²) in [4.78, 5) is 0. The molecule has 20 heavy (non-hydrogen) atoms. The molecule has 1 heterocycles. The minimum atomic E-state index is 0.350. The van der Waals surface area contributed by atoms with Crippen molar-refractivity contribution in [3.8, 4) is 0 Å². The van der Waals surface area contributed by atoms with E-state index in [1.165, 1.54) is 12.8 Å². The van der Waals surface area contributed by atoms with Crippen LogP contribution in [-0.4, -0.2) is 36.5 Å². The lowest BCUT2D eigenvalue weighted by Gasteiger charge is -2.12. The summed E-state index contributed by atoms with van der Waals surface area (Å²) < 4.78 is 10.5. The Balaban J connectivity index is 2.21. The van der Waals surface area contributed by atoms with Crippen LogP contribution in [-0.2, 0) is 11.3 Å². The van der Waals surface area contributed by atoms with Gasteiger partial charge in [0.25, 0.3) is 0 Å². The fraction of sp³-hybridized carbons (Fsp3) is 0.857. The monoisotopic (exact) mass is 284 g/mol. The van der Waals surface area contributed by atoms with Crippen LogP contribution in [0.3, 0.4) is 0 Å². The van der Waals surface area contributed by atoms with E-state index in [2.05, 4.69) is 41.6 Å². The molecule has 0 aliphatic carbocycles. The number of anilines is 1. The Hall–Kier alpha value is -1.14. The van der Waals surface area contributed by atoms with Crippen LogP contribution in [0.25, 0.3) is 0 Å². The predicted molar refractivity (Wildman–Crippen MR) is 79.7 cm³/mol. The number of nitrogens with zero attached hydrogens (tertiary/aromatic N) is 2. The highest BCUT2D eigenvalue weighted by Gasteiger charge is 2.09. The first-order valence-corrected chi connectivity index (χ1v) is 7.40. The van der Waals surface area contributed by atoms with Gasteiger partial charge < -0.3 is 19.8 Å². The Bertz CT molecular complexity index is 355. The topological polar surface area (TPSA) is 72.2 Å². The number of aromatic nitrogens is 2. The van der Waals surface area contributed by atoms with Gasteiger partial charge in [-0.3, -0.25) is 0 Å². The van der Waals surface area contributed by atoms with E-state index in [1.54, 1.807) is 7.11 Å². The Morgan fingerprint density at radius 3 is 2.70 bits per heavy atom. The van der Waals surface area contributed by atoms with Crippen molar-refractivity contribution < 1.29 is 9.15 Å². The summed E-state index contributed by atoms with van der Waals surface area (Å²) in [7, 11) is 1.68. The number of hydrogen-bond donors (Lipinski definition) is 2. The SMILES string of the molecule is COCCNCc1nnc(NC(C)CCCC(C)C)o1. The number of ether oxygens (including phenoxy) is 1.